The van der Waals surface area contributed by atoms with Crippen molar-refractivity contribution in [2.24, 2.45) is 0 Å². The Morgan fingerprint density at radius 3 is 0.824 bits per heavy atom. The molecule has 0 aliphatic heterocycles. The number of hydrogen-bond donors (Lipinski definition) is 5. The summed E-state index contributed by atoms with van der Waals surface area (Å²) in [6, 6.07) is 72.3. The van der Waals surface area contributed by atoms with Crippen molar-refractivity contribution in [3.05, 3.63) is 313 Å². The smallest absolute Gasteiger partial charge is 0.489 e. The van der Waals surface area contributed by atoms with Crippen molar-refractivity contribution in [3.63, 3.8) is 0 Å². The Balaban J connectivity index is -0.0000000672. The zero-order valence-electron chi connectivity index (χ0n) is 83.1. The van der Waals surface area contributed by atoms with Crippen molar-refractivity contribution >= 4 is 118 Å². The zero-order valence-corrected chi connectivity index (χ0v) is 91.1. The fourth-order valence-electron chi connectivity index (χ4n) is 8.20. The second kappa shape index (κ2) is 128. The number of halogens is 3. The standard InChI is InChI=1S/C16H19BO3.C16H17BrO.C10H7BrS.2C10H8S.C6H7BO2.C4H3BrS.C3H8O.4C3H8.10C2H6.8CH4/c1-11-9-15(16(17(18)19)13(3)12(11)2)20-10-14-7-5-4-6-8-14;1-11-9-15(16(17)13(3)12(11)2)18-10-14-7-5-4-6-8-14;11-10-9(6-7-12-10)8-4-2-1-3-5-8;2*1-2-4-9(5-3-1)10-6-7-11-8-10;8-7(9)6-4-2-1-3-5-6;5-4-1-2-6-3-4;1-3(2)4;4*1-3-2;10*1-2;;;;;;;;/h4-9,18-19H,10H2,1-3H3;4-9H,10H2,1-3H3;1-7H;2*1-8H;1-5,8-9H;1-3H;3-4H,1-2H3;4*3H2,1-2H3;10*1-2H3;8*1H4. The first-order chi connectivity index (χ1) is 59.5. The summed E-state index contributed by atoms with van der Waals surface area (Å²) < 4.78 is 15.1. The molecular formula is C115H201B2Br3O7S4. The predicted octanol–water partition coefficient (Wildman–Crippen LogP) is 41.1. The SMILES string of the molecule is Brc1ccsc1.Brc1sccc1-c1ccccc1.C.C.C.C.C.C.C.C.CC.CC.CC.CC.CC.CC.CC.CC.CC.CC.CC(C)O.CCC.CCC.CCC.CCC.Cc1cc(OCc2ccccc2)c(B(O)O)c(C)c1C.Cc1cc(OCc2ccccc2)c(Br)c(C)c1C.OB(O)c1ccccc1.c1ccc(-c2ccsc2)cc1.c1ccc(-c2ccsc2)cc1. The maximum absolute atomic E-state index is 9.57. The molecule has 16 heteroatoms. The summed E-state index contributed by atoms with van der Waals surface area (Å²) >= 11 is 17.3. The van der Waals surface area contributed by atoms with Crippen LogP contribution in [0.15, 0.2) is 269 Å². The van der Waals surface area contributed by atoms with E-state index in [1.54, 1.807) is 83.5 Å². The normalized spacial score (nSPS) is 7.92. The molecule has 0 fully saturated rings. The second-order valence-electron chi connectivity index (χ2n) is 23.4. The Labute approximate surface area is 857 Å². The van der Waals surface area contributed by atoms with Crippen LogP contribution < -0.4 is 20.4 Å². The third kappa shape index (κ3) is 89.8. The topological polar surface area (TPSA) is 120 Å². The van der Waals surface area contributed by atoms with Gasteiger partial charge < -0.3 is 34.7 Å². The molecule has 12 aromatic rings. The largest absolute Gasteiger partial charge is 0.492 e. The van der Waals surface area contributed by atoms with E-state index in [2.05, 4.69) is 260 Å². The number of hydrogen-bond acceptors (Lipinski definition) is 11. The lowest BCUT2D eigenvalue weighted by Crippen LogP contribution is -2.34. The molecule has 0 saturated carbocycles. The van der Waals surface area contributed by atoms with Gasteiger partial charge in [0.15, 0.2) is 0 Å². The number of thiophene rings is 4. The van der Waals surface area contributed by atoms with Crippen LogP contribution in [0.4, 0.5) is 0 Å². The highest BCUT2D eigenvalue weighted by atomic mass is 79.9. The monoisotopic (exact) mass is 2080 g/mol. The van der Waals surface area contributed by atoms with Gasteiger partial charge in [-0.2, -0.15) is 34.0 Å². The van der Waals surface area contributed by atoms with E-state index in [4.69, 9.17) is 24.6 Å². The number of aliphatic hydroxyl groups excluding tert-OH is 1. The maximum Gasteiger partial charge on any atom is 0.492 e. The van der Waals surface area contributed by atoms with Crippen molar-refractivity contribution in [2.45, 2.75) is 354 Å². The average molecular weight is 2090 g/mol. The molecule has 754 valence electrons. The van der Waals surface area contributed by atoms with Gasteiger partial charge in [-0.1, -0.05) is 461 Å². The van der Waals surface area contributed by atoms with Gasteiger partial charge >= 0.3 is 14.2 Å². The molecule has 4 aromatic heterocycles. The maximum atomic E-state index is 9.57. The summed E-state index contributed by atoms with van der Waals surface area (Å²) in [7, 11) is -2.87. The molecule has 0 aliphatic carbocycles. The summed E-state index contributed by atoms with van der Waals surface area (Å²) in [6.45, 7) is 73.7. The van der Waals surface area contributed by atoms with E-state index in [0.29, 0.717) is 29.9 Å². The van der Waals surface area contributed by atoms with Crippen molar-refractivity contribution < 1.29 is 34.7 Å². The molecule has 12 rings (SSSR count). The van der Waals surface area contributed by atoms with Crippen molar-refractivity contribution in [3.8, 4) is 44.9 Å². The highest BCUT2D eigenvalue weighted by molar-refractivity contribution is 9.11. The minimum Gasteiger partial charge on any atom is -0.489 e. The Hall–Kier alpha value is -6.47. The summed E-state index contributed by atoms with van der Waals surface area (Å²) in [5.74, 6) is 1.45. The van der Waals surface area contributed by atoms with Crippen LogP contribution in [0.1, 0.15) is 337 Å². The molecule has 4 heterocycles. The van der Waals surface area contributed by atoms with Crippen LogP contribution in [0.3, 0.4) is 0 Å². The van der Waals surface area contributed by atoms with E-state index in [0.717, 1.165) is 32.5 Å². The number of rotatable bonds is 11. The zero-order chi connectivity index (χ0) is 96.7. The first-order valence-corrected chi connectivity index (χ1v) is 50.9. The van der Waals surface area contributed by atoms with E-state index in [9.17, 15) is 10.0 Å². The summed E-state index contributed by atoms with van der Waals surface area (Å²) in [5.41, 5.74) is 17.8. The Bertz CT molecular complexity index is 3850. The highest BCUT2D eigenvalue weighted by Crippen LogP contribution is 2.34. The van der Waals surface area contributed by atoms with Crippen molar-refractivity contribution in [2.75, 3.05) is 0 Å². The summed E-state index contributed by atoms with van der Waals surface area (Å²) in [6.07, 6.45) is 4.83. The molecule has 0 atom stereocenters. The van der Waals surface area contributed by atoms with Crippen molar-refractivity contribution in [1.82, 2.24) is 0 Å². The molecule has 0 bridgehead atoms. The molecule has 7 nitrogen and oxygen atoms in total. The van der Waals surface area contributed by atoms with Gasteiger partial charge in [0.2, 0.25) is 0 Å². The van der Waals surface area contributed by atoms with Gasteiger partial charge in [-0.05, 0) is 250 Å². The number of aryl methyl sites for hydroxylation is 2. The lowest BCUT2D eigenvalue weighted by atomic mass is 9.74. The third-order valence-corrected chi connectivity index (χ3v) is 19.0. The van der Waals surface area contributed by atoms with Crippen LogP contribution >= 0.6 is 93.1 Å². The summed E-state index contributed by atoms with van der Waals surface area (Å²) in [5, 5.41) is 59.0. The van der Waals surface area contributed by atoms with Crippen LogP contribution in [0.25, 0.3) is 33.4 Å². The average Bonchev–Trinajstić information content (AvgIpc) is 1.71. The van der Waals surface area contributed by atoms with Crippen LogP contribution in [-0.4, -0.2) is 45.5 Å². The van der Waals surface area contributed by atoms with Gasteiger partial charge in [0.25, 0.3) is 0 Å². The molecule has 131 heavy (non-hydrogen) atoms. The van der Waals surface area contributed by atoms with E-state index >= 15 is 0 Å². The Morgan fingerprint density at radius 2 is 0.580 bits per heavy atom. The lowest BCUT2D eigenvalue weighted by Gasteiger charge is -2.17. The predicted molar refractivity (Wildman–Crippen MR) is 634 cm³/mol. The van der Waals surface area contributed by atoms with Gasteiger partial charge in [0.05, 0.1) is 8.26 Å². The number of benzene rings is 8. The molecule has 8 aromatic carbocycles. The van der Waals surface area contributed by atoms with E-state index in [-0.39, 0.29) is 65.5 Å². The van der Waals surface area contributed by atoms with Gasteiger partial charge in [0, 0.05) is 27.0 Å². The highest BCUT2D eigenvalue weighted by Gasteiger charge is 2.22. The molecule has 0 unspecified atom stereocenters. The Kier molecular flexibility index (Phi) is 163. The quantitative estimate of drug-likeness (QED) is 0.0819. The minimum atomic E-state index is -1.53. The number of aliphatic hydroxyl groups is 1. The second-order valence-corrected chi connectivity index (χ2v) is 29.7. The molecule has 0 saturated heterocycles. The fourth-order valence-corrected chi connectivity index (χ4v) is 12.5. The van der Waals surface area contributed by atoms with Gasteiger partial charge in [-0.25, -0.2) is 0 Å². The molecule has 0 aliphatic rings. The van der Waals surface area contributed by atoms with Crippen LogP contribution in [-0.2, 0) is 13.2 Å². The van der Waals surface area contributed by atoms with E-state index < -0.39 is 14.2 Å². The van der Waals surface area contributed by atoms with Crippen LogP contribution in [0, 0.1) is 41.5 Å². The lowest BCUT2D eigenvalue weighted by molar-refractivity contribution is 0.216. The number of ether oxygens (including phenoxy) is 2. The molecule has 0 amide bonds. The molecule has 5 N–H and O–H groups in total. The van der Waals surface area contributed by atoms with Gasteiger partial charge in [-0.15, -0.1) is 11.3 Å². The van der Waals surface area contributed by atoms with E-state index in [1.807, 2.05) is 255 Å². The molecular weight excluding hydrogens is 1880 g/mol. The van der Waals surface area contributed by atoms with Crippen molar-refractivity contribution in [1.29, 1.82) is 0 Å². The van der Waals surface area contributed by atoms with Gasteiger partial charge in [-0.3, -0.25) is 0 Å². The first-order valence-electron chi connectivity index (χ1n) is 44.8. The first kappa shape index (κ1) is 167. The van der Waals surface area contributed by atoms with E-state index in [1.165, 1.54) is 89.6 Å². The molecule has 0 spiro atoms. The minimum absolute atomic E-state index is 0. The van der Waals surface area contributed by atoms with Crippen LogP contribution in [0.2, 0.25) is 0 Å². The summed E-state index contributed by atoms with van der Waals surface area (Å²) in [4.78, 5) is 0. The molecule has 0 radical (unpaired) electrons. The fraction of sp³-hybridized carbons (Fsp3) is 0.443. The van der Waals surface area contributed by atoms with Gasteiger partial charge in [0.1, 0.15) is 24.7 Å². The van der Waals surface area contributed by atoms with Crippen LogP contribution in [0.5, 0.6) is 11.5 Å². The Morgan fingerprint density at radius 1 is 0.313 bits per heavy atom. The third-order valence-electron chi connectivity index (χ3n) is 13.5.